The monoisotopic (exact) mass is 430 g/mol. The molecule has 4 nitrogen and oxygen atoms in total. The van der Waals surface area contributed by atoms with Gasteiger partial charge in [0.2, 0.25) is 0 Å². The zero-order chi connectivity index (χ0) is 22.3. The van der Waals surface area contributed by atoms with Gasteiger partial charge in [0.1, 0.15) is 5.70 Å². The summed E-state index contributed by atoms with van der Waals surface area (Å²) in [7, 11) is 0. The number of hydrogen-bond donors (Lipinski definition) is 1. The molecule has 1 aliphatic rings. The van der Waals surface area contributed by atoms with Crippen LogP contribution in [0.1, 0.15) is 27.8 Å². The molecule has 31 heavy (non-hydrogen) atoms. The Morgan fingerprint density at radius 3 is 2.16 bits per heavy atom. The van der Waals surface area contributed by atoms with Gasteiger partial charge in [0.25, 0.3) is 11.8 Å². The molecule has 0 radical (unpaired) electrons. The van der Waals surface area contributed by atoms with Crippen LogP contribution in [-0.4, -0.2) is 11.8 Å². The lowest BCUT2D eigenvalue weighted by molar-refractivity contribution is -0.120. The molecule has 0 atom stereocenters. The first-order valence-electron chi connectivity index (χ1n) is 10.1. The number of amides is 2. The molecule has 0 bridgehead atoms. The number of imide groups is 1. The number of carbonyl (C=O) groups excluding carboxylic acids is 2. The second kappa shape index (κ2) is 8.05. The third-order valence-corrected chi connectivity index (χ3v) is 5.80. The molecule has 0 fully saturated rings. The largest absolute Gasteiger partial charge is 0.350 e. The van der Waals surface area contributed by atoms with E-state index in [1.807, 2.05) is 64.1 Å². The van der Waals surface area contributed by atoms with E-state index in [2.05, 4.69) is 5.32 Å². The molecule has 0 spiro atoms. The van der Waals surface area contributed by atoms with Crippen molar-refractivity contribution in [1.29, 1.82) is 0 Å². The van der Waals surface area contributed by atoms with E-state index in [1.165, 1.54) is 0 Å². The molecule has 0 saturated carbocycles. The molecule has 0 saturated heterocycles. The van der Waals surface area contributed by atoms with Gasteiger partial charge in [-0.2, -0.15) is 0 Å². The average molecular weight is 431 g/mol. The van der Waals surface area contributed by atoms with Crippen LogP contribution in [0, 0.1) is 27.7 Å². The van der Waals surface area contributed by atoms with Gasteiger partial charge >= 0.3 is 0 Å². The van der Waals surface area contributed by atoms with Gasteiger partial charge in [0.15, 0.2) is 0 Å². The molecule has 2 amide bonds. The van der Waals surface area contributed by atoms with Crippen molar-refractivity contribution in [2.24, 2.45) is 0 Å². The number of halogens is 1. The number of nitrogens with one attached hydrogen (secondary N) is 1. The summed E-state index contributed by atoms with van der Waals surface area (Å²) >= 11 is 6.35. The van der Waals surface area contributed by atoms with Crippen molar-refractivity contribution in [2.75, 3.05) is 10.2 Å². The van der Waals surface area contributed by atoms with Crippen LogP contribution in [0.3, 0.4) is 0 Å². The molecule has 1 aliphatic heterocycles. The highest BCUT2D eigenvalue weighted by molar-refractivity contribution is 6.48. The molecular weight excluding hydrogens is 408 g/mol. The Kier molecular flexibility index (Phi) is 5.42. The number of anilines is 2. The van der Waals surface area contributed by atoms with Crippen molar-refractivity contribution < 1.29 is 9.59 Å². The second-order valence-corrected chi connectivity index (χ2v) is 8.32. The topological polar surface area (TPSA) is 49.4 Å². The summed E-state index contributed by atoms with van der Waals surface area (Å²) in [5, 5.41) is 3.61. The summed E-state index contributed by atoms with van der Waals surface area (Å²) in [5.41, 5.74) is 6.55. The standard InChI is InChI=1S/C26H23ClN2O2/c1-15-10-12-19(18(4)13-15)23-24(28-21-14-16(2)9-11-17(21)3)26(31)29(25(23)30)22-8-6-5-7-20(22)27/h5-14,28H,1-4H3. The minimum absolute atomic E-state index is 0.255. The Morgan fingerprint density at radius 2 is 1.45 bits per heavy atom. The van der Waals surface area contributed by atoms with Crippen LogP contribution in [0.4, 0.5) is 11.4 Å². The van der Waals surface area contributed by atoms with Crippen LogP contribution in [0.25, 0.3) is 5.57 Å². The van der Waals surface area contributed by atoms with E-state index in [9.17, 15) is 9.59 Å². The predicted molar refractivity (Wildman–Crippen MR) is 126 cm³/mol. The van der Waals surface area contributed by atoms with Crippen LogP contribution in [0.5, 0.6) is 0 Å². The number of para-hydroxylation sites is 1. The minimum atomic E-state index is -0.422. The Labute approximate surface area is 187 Å². The molecule has 156 valence electrons. The number of aryl methyl sites for hydroxylation is 4. The lowest BCUT2D eigenvalue weighted by Crippen LogP contribution is -2.32. The van der Waals surface area contributed by atoms with E-state index in [0.29, 0.717) is 16.3 Å². The van der Waals surface area contributed by atoms with Gasteiger partial charge in [0, 0.05) is 5.69 Å². The van der Waals surface area contributed by atoms with Crippen molar-refractivity contribution in [3.63, 3.8) is 0 Å². The first-order chi connectivity index (χ1) is 14.8. The number of nitrogens with zero attached hydrogens (tertiary/aromatic N) is 1. The minimum Gasteiger partial charge on any atom is -0.350 e. The van der Waals surface area contributed by atoms with Crippen molar-refractivity contribution in [3.05, 3.63) is 99.2 Å². The van der Waals surface area contributed by atoms with Crippen LogP contribution >= 0.6 is 11.6 Å². The first kappa shape index (κ1) is 20.9. The molecular formula is C26H23ClN2O2. The average Bonchev–Trinajstić information content (AvgIpc) is 2.95. The SMILES string of the molecule is Cc1ccc(C2=C(Nc3cc(C)ccc3C)C(=O)N(c3ccccc3Cl)C2=O)c(C)c1. The fraction of sp³-hybridized carbons (Fsp3) is 0.154. The lowest BCUT2D eigenvalue weighted by atomic mass is 9.97. The Morgan fingerprint density at radius 1 is 0.774 bits per heavy atom. The number of carbonyl (C=O) groups is 2. The van der Waals surface area contributed by atoms with E-state index in [1.54, 1.807) is 24.3 Å². The summed E-state index contributed by atoms with van der Waals surface area (Å²) in [6.45, 7) is 7.90. The molecule has 3 aromatic carbocycles. The van der Waals surface area contributed by atoms with Gasteiger partial charge in [0.05, 0.1) is 16.3 Å². The second-order valence-electron chi connectivity index (χ2n) is 7.91. The van der Waals surface area contributed by atoms with E-state index >= 15 is 0 Å². The van der Waals surface area contributed by atoms with Crippen LogP contribution in [0.15, 0.2) is 66.4 Å². The predicted octanol–water partition coefficient (Wildman–Crippen LogP) is 5.97. The Bertz CT molecular complexity index is 1260. The number of rotatable bonds is 4. The van der Waals surface area contributed by atoms with Crippen LogP contribution < -0.4 is 10.2 Å². The molecule has 4 rings (SSSR count). The Balaban J connectivity index is 1.91. The van der Waals surface area contributed by atoms with Crippen molar-refractivity contribution >= 4 is 40.4 Å². The number of hydrogen-bond acceptors (Lipinski definition) is 3. The van der Waals surface area contributed by atoms with Crippen LogP contribution in [-0.2, 0) is 9.59 Å². The lowest BCUT2D eigenvalue weighted by Gasteiger charge is -2.17. The normalized spacial score (nSPS) is 13.9. The zero-order valence-corrected chi connectivity index (χ0v) is 18.7. The van der Waals surface area contributed by atoms with E-state index in [-0.39, 0.29) is 5.70 Å². The molecule has 1 N–H and O–H groups in total. The highest BCUT2D eigenvalue weighted by Crippen LogP contribution is 2.38. The highest BCUT2D eigenvalue weighted by atomic mass is 35.5. The van der Waals surface area contributed by atoms with Crippen LogP contribution in [0.2, 0.25) is 5.02 Å². The van der Waals surface area contributed by atoms with Gasteiger partial charge < -0.3 is 5.32 Å². The first-order valence-corrected chi connectivity index (χ1v) is 10.4. The van der Waals surface area contributed by atoms with E-state index in [4.69, 9.17) is 11.6 Å². The third-order valence-electron chi connectivity index (χ3n) is 5.48. The molecule has 3 aromatic rings. The van der Waals surface area contributed by atoms with Gasteiger partial charge in [-0.3, -0.25) is 9.59 Å². The van der Waals surface area contributed by atoms with Crippen molar-refractivity contribution in [3.8, 4) is 0 Å². The fourth-order valence-corrected chi connectivity index (χ4v) is 4.07. The molecule has 0 aliphatic carbocycles. The highest BCUT2D eigenvalue weighted by Gasteiger charge is 2.41. The van der Waals surface area contributed by atoms with Gasteiger partial charge in [-0.05, 0) is 68.1 Å². The maximum atomic E-state index is 13.6. The quantitative estimate of drug-likeness (QED) is 0.518. The molecule has 1 heterocycles. The Hall–Kier alpha value is -3.37. The van der Waals surface area contributed by atoms with Gasteiger partial charge in [-0.15, -0.1) is 0 Å². The summed E-state index contributed by atoms with van der Waals surface area (Å²) in [4.78, 5) is 28.3. The summed E-state index contributed by atoms with van der Waals surface area (Å²) in [6, 6.07) is 18.7. The maximum absolute atomic E-state index is 13.6. The number of benzene rings is 3. The fourth-order valence-electron chi connectivity index (χ4n) is 3.85. The van der Waals surface area contributed by atoms with E-state index < -0.39 is 11.8 Å². The van der Waals surface area contributed by atoms with Gasteiger partial charge in [-0.25, -0.2) is 4.90 Å². The summed E-state index contributed by atoms with van der Waals surface area (Å²) in [5.74, 6) is -0.813. The van der Waals surface area contributed by atoms with Crippen molar-refractivity contribution in [1.82, 2.24) is 0 Å². The molecule has 5 heteroatoms. The zero-order valence-electron chi connectivity index (χ0n) is 17.9. The summed E-state index contributed by atoms with van der Waals surface area (Å²) < 4.78 is 0. The van der Waals surface area contributed by atoms with Crippen molar-refractivity contribution in [2.45, 2.75) is 27.7 Å². The smallest absolute Gasteiger partial charge is 0.282 e. The third kappa shape index (κ3) is 3.75. The molecule has 0 unspecified atom stereocenters. The van der Waals surface area contributed by atoms with E-state index in [0.717, 1.165) is 38.4 Å². The summed E-state index contributed by atoms with van der Waals surface area (Å²) in [6.07, 6.45) is 0. The molecule has 0 aromatic heterocycles. The maximum Gasteiger partial charge on any atom is 0.282 e. The van der Waals surface area contributed by atoms with Gasteiger partial charge in [-0.1, -0.05) is 59.6 Å².